The predicted molar refractivity (Wildman–Crippen MR) is 124 cm³/mol. The second kappa shape index (κ2) is 26.7. The molecule has 0 aliphatic carbocycles. The molecule has 0 amide bonds. The Kier molecular flexibility index (Phi) is 30.5. The van der Waals surface area contributed by atoms with E-state index in [0.717, 1.165) is 26.2 Å². The number of nitrogens with one attached hydrogen (secondary N) is 1. The maximum Gasteiger partial charge on any atom is 0.0930 e. The lowest BCUT2D eigenvalue weighted by atomic mass is 10.3. The molecule has 3 atom stereocenters. The monoisotopic (exact) mass is 441 g/mol. The smallest absolute Gasteiger partial charge is 0.0930 e. The largest absolute Gasteiger partial charge is 0.382 e. The Morgan fingerprint density at radius 1 is 0.667 bits per heavy atom. The number of hydrogen-bond donors (Lipinski definition) is 1. The summed E-state index contributed by atoms with van der Waals surface area (Å²) in [5, 5.41) is 3.00. The third-order valence-corrected chi connectivity index (χ3v) is 3.78. The standard InChI is InChI=1S/C8H19NO2.C7H17NO2.C6H15NO2/c1-5-11-7-8(10-4)6-9(2)3;1-8(2)5-7(10-4)6-9-3;1-7-4-6(9-3)5-8-2/h8H,5-7H2,1-4H3;7H,5-6H2,1-4H3;6-7H,4-5H2,1-3H3. The molecular formula is C21H51N3O6. The van der Waals surface area contributed by atoms with Gasteiger partial charge >= 0.3 is 0 Å². The van der Waals surface area contributed by atoms with Gasteiger partial charge in [-0.15, -0.1) is 0 Å². The number of hydrogen-bond acceptors (Lipinski definition) is 9. The van der Waals surface area contributed by atoms with Gasteiger partial charge in [-0.2, -0.15) is 0 Å². The molecule has 0 rings (SSSR count). The number of nitrogens with zero attached hydrogens (tertiary/aromatic N) is 2. The fourth-order valence-corrected chi connectivity index (χ4v) is 2.26. The third kappa shape index (κ3) is 27.6. The Hall–Kier alpha value is -0.360. The number of ether oxygens (including phenoxy) is 6. The van der Waals surface area contributed by atoms with Gasteiger partial charge in [-0.05, 0) is 42.2 Å². The third-order valence-electron chi connectivity index (χ3n) is 3.78. The molecule has 0 fully saturated rings. The summed E-state index contributed by atoms with van der Waals surface area (Å²) in [5.41, 5.74) is 0. The zero-order valence-corrected chi connectivity index (χ0v) is 21.5. The Bertz CT molecular complexity index is 306. The van der Waals surface area contributed by atoms with Crippen molar-refractivity contribution in [3.63, 3.8) is 0 Å². The maximum absolute atomic E-state index is 5.24. The van der Waals surface area contributed by atoms with Gasteiger partial charge in [-0.25, -0.2) is 0 Å². The first-order valence-corrected chi connectivity index (χ1v) is 10.3. The molecule has 9 heteroatoms. The lowest BCUT2D eigenvalue weighted by Gasteiger charge is -2.18. The average Bonchev–Trinajstić information content (AvgIpc) is 2.70. The minimum absolute atomic E-state index is 0.181. The second-order valence-corrected chi connectivity index (χ2v) is 7.23. The molecule has 0 aromatic heterocycles. The van der Waals surface area contributed by atoms with Crippen LogP contribution < -0.4 is 5.32 Å². The van der Waals surface area contributed by atoms with Crippen LogP contribution in [0.15, 0.2) is 0 Å². The van der Waals surface area contributed by atoms with E-state index in [9.17, 15) is 0 Å². The van der Waals surface area contributed by atoms with Crippen LogP contribution in [0.2, 0.25) is 0 Å². The van der Waals surface area contributed by atoms with Gasteiger partial charge in [-0.1, -0.05) is 0 Å². The van der Waals surface area contributed by atoms with Gasteiger partial charge in [-0.3, -0.25) is 0 Å². The summed E-state index contributed by atoms with van der Waals surface area (Å²) in [7, 11) is 18.4. The molecule has 1 N–H and O–H groups in total. The van der Waals surface area contributed by atoms with Crippen molar-refractivity contribution in [3.8, 4) is 0 Å². The molecule has 0 saturated carbocycles. The minimum Gasteiger partial charge on any atom is -0.382 e. The SMILES string of the molecule is CCOCC(CN(C)C)OC.CNCC(COC)OC.COCC(CN(C)C)OC. The number of likely N-dealkylation sites (N-methyl/N-ethyl adjacent to an activating group) is 3. The molecule has 0 aliphatic rings. The van der Waals surface area contributed by atoms with Gasteiger partial charge in [0.25, 0.3) is 0 Å². The highest BCUT2D eigenvalue weighted by Gasteiger charge is 2.07. The van der Waals surface area contributed by atoms with Gasteiger partial charge in [0.15, 0.2) is 0 Å². The van der Waals surface area contributed by atoms with Gasteiger partial charge in [0.2, 0.25) is 0 Å². The topological polar surface area (TPSA) is 73.9 Å². The van der Waals surface area contributed by atoms with Crippen molar-refractivity contribution in [1.29, 1.82) is 0 Å². The second-order valence-electron chi connectivity index (χ2n) is 7.23. The molecular weight excluding hydrogens is 390 g/mol. The highest BCUT2D eigenvalue weighted by molar-refractivity contribution is 4.59. The molecule has 30 heavy (non-hydrogen) atoms. The van der Waals surface area contributed by atoms with Crippen LogP contribution in [0.1, 0.15) is 6.92 Å². The summed E-state index contributed by atoms with van der Waals surface area (Å²) in [6, 6.07) is 0. The predicted octanol–water partition coefficient (Wildman–Crippen LogP) is 0.676. The summed E-state index contributed by atoms with van der Waals surface area (Å²) in [6.07, 6.45) is 0.574. The Balaban J connectivity index is -0.000000366. The fraction of sp³-hybridized carbons (Fsp3) is 1.00. The van der Waals surface area contributed by atoms with E-state index in [-0.39, 0.29) is 18.3 Å². The fourth-order valence-electron chi connectivity index (χ4n) is 2.26. The molecule has 0 aliphatic heterocycles. The van der Waals surface area contributed by atoms with Crippen LogP contribution >= 0.6 is 0 Å². The van der Waals surface area contributed by atoms with Gasteiger partial charge < -0.3 is 43.5 Å². The van der Waals surface area contributed by atoms with Crippen molar-refractivity contribution in [2.45, 2.75) is 25.2 Å². The summed E-state index contributed by atoms with van der Waals surface area (Å²) in [6.45, 7) is 7.40. The van der Waals surface area contributed by atoms with Crippen molar-refractivity contribution in [2.75, 3.05) is 117 Å². The molecule has 9 nitrogen and oxygen atoms in total. The highest BCUT2D eigenvalue weighted by Crippen LogP contribution is 1.93. The molecule has 0 heterocycles. The van der Waals surface area contributed by atoms with Crippen LogP contribution in [0.25, 0.3) is 0 Å². The van der Waals surface area contributed by atoms with Crippen LogP contribution in [0.5, 0.6) is 0 Å². The van der Waals surface area contributed by atoms with Crippen molar-refractivity contribution < 1.29 is 28.4 Å². The number of methoxy groups -OCH3 is 5. The van der Waals surface area contributed by atoms with E-state index in [0.29, 0.717) is 19.8 Å². The van der Waals surface area contributed by atoms with E-state index < -0.39 is 0 Å². The van der Waals surface area contributed by atoms with Crippen molar-refractivity contribution in [3.05, 3.63) is 0 Å². The Morgan fingerprint density at radius 3 is 1.37 bits per heavy atom. The Labute approximate surface area is 186 Å². The molecule has 0 bridgehead atoms. The first kappa shape index (κ1) is 34.3. The molecule has 0 radical (unpaired) electrons. The molecule has 0 aromatic rings. The van der Waals surface area contributed by atoms with Crippen LogP contribution in [0, 0.1) is 0 Å². The molecule has 0 saturated heterocycles. The summed E-state index contributed by atoms with van der Waals surface area (Å²) in [5.74, 6) is 0. The summed E-state index contributed by atoms with van der Waals surface area (Å²) >= 11 is 0. The molecule has 0 spiro atoms. The van der Waals surface area contributed by atoms with Crippen molar-refractivity contribution >= 4 is 0 Å². The summed E-state index contributed by atoms with van der Waals surface area (Å²) < 4.78 is 30.4. The summed E-state index contributed by atoms with van der Waals surface area (Å²) in [4.78, 5) is 4.17. The van der Waals surface area contributed by atoms with E-state index in [1.54, 1.807) is 35.5 Å². The maximum atomic E-state index is 5.24. The van der Waals surface area contributed by atoms with Gasteiger partial charge in [0.05, 0.1) is 38.1 Å². The quantitative estimate of drug-likeness (QED) is 0.372. The van der Waals surface area contributed by atoms with E-state index >= 15 is 0 Å². The van der Waals surface area contributed by atoms with Gasteiger partial charge in [0, 0.05) is 61.8 Å². The molecule has 3 unspecified atom stereocenters. The van der Waals surface area contributed by atoms with E-state index in [2.05, 4.69) is 15.1 Å². The minimum atomic E-state index is 0.181. The molecule has 0 aromatic carbocycles. The highest BCUT2D eigenvalue weighted by atomic mass is 16.5. The van der Waals surface area contributed by atoms with E-state index in [1.165, 1.54) is 0 Å². The average molecular weight is 442 g/mol. The lowest BCUT2D eigenvalue weighted by Crippen LogP contribution is -2.31. The van der Waals surface area contributed by atoms with Crippen molar-refractivity contribution in [2.24, 2.45) is 0 Å². The van der Waals surface area contributed by atoms with Crippen LogP contribution in [-0.4, -0.2) is 145 Å². The van der Waals surface area contributed by atoms with E-state index in [1.807, 2.05) is 42.2 Å². The molecule has 186 valence electrons. The normalized spacial score (nSPS) is 13.9. The zero-order chi connectivity index (χ0) is 23.8. The van der Waals surface area contributed by atoms with Crippen LogP contribution in [0.3, 0.4) is 0 Å². The lowest BCUT2D eigenvalue weighted by molar-refractivity contribution is 0.000555. The van der Waals surface area contributed by atoms with Crippen LogP contribution in [-0.2, 0) is 28.4 Å². The Morgan fingerprint density at radius 2 is 1.07 bits per heavy atom. The zero-order valence-electron chi connectivity index (χ0n) is 21.5. The van der Waals surface area contributed by atoms with E-state index in [4.69, 9.17) is 28.4 Å². The van der Waals surface area contributed by atoms with Crippen molar-refractivity contribution in [1.82, 2.24) is 15.1 Å². The number of rotatable bonds is 16. The first-order chi connectivity index (χ1) is 14.2. The van der Waals surface area contributed by atoms with Gasteiger partial charge in [0.1, 0.15) is 0 Å². The first-order valence-electron chi connectivity index (χ1n) is 10.3. The van der Waals surface area contributed by atoms with Crippen LogP contribution in [0.4, 0.5) is 0 Å².